The van der Waals surface area contributed by atoms with Crippen LogP contribution in [0.1, 0.15) is 40.4 Å². The van der Waals surface area contributed by atoms with Crippen molar-refractivity contribution in [2.24, 2.45) is 0 Å². The number of hydrogen-bond acceptors (Lipinski definition) is 5. The fourth-order valence-corrected chi connectivity index (χ4v) is 2.98. The van der Waals surface area contributed by atoms with Crippen LogP contribution in [0, 0.1) is 20.8 Å². The quantitative estimate of drug-likeness (QED) is 0.937. The Hall–Kier alpha value is -2.50. The average Bonchev–Trinajstić information content (AvgIpc) is 2.55. The van der Waals surface area contributed by atoms with E-state index in [9.17, 15) is 4.79 Å². The van der Waals surface area contributed by atoms with Crippen LogP contribution in [0.4, 0.5) is 5.82 Å². The van der Waals surface area contributed by atoms with Crippen LogP contribution in [0.25, 0.3) is 0 Å². The summed E-state index contributed by atoms with van der Waals surface area (Å²) < 4.78 is 0. The summed E-state index contributed by atoms with van der Waals surface area (Å²) in [5.74, 6) is 1.73. The molecule has 1 amide bonds. The van der Waals surface area contributed by atoms with Gasteiger partial charge in [-0.2, -0.15) is 0 Å². The van der Waals surface area contributed by atoms with Gasteiger partial charge in [-0.25, -0.2) is 9.97 Å². The smallest absolute Gasteiger partial charge is 0.253 e. The van der Waals surface area contributed by atoms with Gasteiger partial charge < -0.3 is 10.2 Å². The number of pyridine rings is 1. The van der Waals surface area contributed by atoms with Crippen molar-refractivity contribution in [3.8, 4) is 0 Å². The molecule has 0 unspecified atom stereocenters. The van der Waals surface area contributed by atoms with Gasteiger partial charge in [0.25, 0.3) is 5.91 Å². The highest BCUT2D eigenvalue weighted by Crippen LogP contribution is 2.19. The van der Waals surface area contributed by atoms with Gasteiger partial charge in [-0.15, -0.1) is 0 Å². The van der Waals surface area contributed by atoms with Crippen LogP contribution in [0.3, 0.4) is 0 Å². The highest BCUT2D eigenvalue weighted by molar-refractivity contribution is 5.94. The molecule has 3 heterocycles. The molecule has 1 fully saturated rings. The van der Waals surface area contributed by atoms with E-state index in [1.807, 2.05) is 39.0 Å². The standard InChI is InChI=1S/C18H23N5O/c1-12-4-5-15(11-19-12)18(24)22-16-6-8-23(9-7-16)17-10-13(2)20-14(3)21-17/h4-5,10-11,16H,6-9H2,1-3H3,(H,22,24). The van der Waals surface area contributed by atoms with Crippen molar-refractivity contribution in [2.45, 2.75) is 39.7 Å². The predicted molar refractivity (Wildman–Crippen MR) is 93.2 cm³/mol. The maximum atomic E-state index is 12.3. The molecule has 126 valence electrons. The second-order valence-corrected chi connectivity index (χ2v) is 6.34. The monoisotopic (exact) mass is 325 g/mol. The molecule has 0 radical (unpaired) electrons. The number of nitrogens with one attached hydrogen (secondary N) is 1. The number of aromatic nitrogens is 3. The van der Waals surface area contributed by atoms with Crippen molar-refractivity contribution in [2.75, 3.05) is 18.0 Å². The van der Waals surface area contributed by atoms with Crippen LogP contribution in [-0.4, -0.2) is 40.0 Å². The number of aryl methyl sites for hydroxylation is 3. The second-order valence-electron chi connectivity index (χ2n) is 6.34. The van der Waals surface area contributed by atoms with Gasteiger partial charge in [0.05, 0.1) is 5.56 Å². The zero-order valence-corrected chi connectivity index (χ0v) is 14.4. The van der Waals surface area contributed by atoms with Gasteiger partial charge >= 0.3 is 0 Å². The van der Waals surface area contributed by atoms with Crippen LogP contribution < -0.4 is 10.2 Å². The number of nitrogens with zero attached hydrogens (tertiary/aromatic N) is 4. The number of hydrogen-bond donors (Lipinski definition) is 1. The first-order chi connectivity index (χ1) is 11.5. The lowest BCUT2D eigenvalue weighted by molar-refractivity contribution is 0.0930. The summed E-state index contributed by atoms with van der Waals surface area (Å²) in [6.45, 7) is 7.58. The van der Waals surface area contributed by atoms with E-state index in [1.165, 1.54) is 0 Å². The lowest BCUT2D eigenvalue weighted by atomic mass is 10.0. The summed E-state index contributed by atoms with van der Waals surface area (Å²) in [6.07, 6.45) is 3.45. The summed E-state index contributed by atoms with van der Waals surface area (Å²) in [5.41, 5.74) is 2.51. The van der Waals surface area contributed by atoms with Crippen LogP contribution in [0.2, 0.25) is 0 Å². The fourth-order valence-electron chi connectivity index (χ4n) is 2.98. The minimum Gasteiger partial charge on any atom is -0.356 e. The lowest BCUT2D eigenvalue weighted by Gasteiger charge is -2.33. The lowest BCUT2D eigenvalue weighted by Crippen LogP contribution is -2.45. The molecule has 6 nitrogen and oxygen atoms in total. The zero-order chi connectivity index (χ0) is 17.1. The number of anilines is 1. The van der Waals surface area contributed by atoms with Gasteiger partial charge in [0.2, 0.25) is 0 Å². The average molecular weight is 325 g/mol. The summed E-state index contributed by atoms with van der Waals surface area (Å²) in [7, 11) is 0. The Kier molecular flexibility index (Phi) is 4.74. The maximum Gasteiger partial charge on any atom is 0.253 e. The van der Waals surface area contributed by atoms with E-state index in [0.717, 1.165) is 49.0 Å². The number of carbonyl (C=O) groups excluding carboxylic acids is 1. The molecule has 0 aliphatic carbocycles. The molecule has 1 aliphatic rings. The molecule has 6 heteroatoms. The SMILES string of the molecule is Cc1ccc(C(=O)NC2CCN(c3cc(C)nc(C)n3)CC2)cn1. The molecule has 0 atom stereocenters. The molecule has 1 saturated heterocycles. The largest absolute Gasteiger partial charge is 0.356 e. The van der Waals surface area contributed by atoms with E-state index in [-0.39, 0.29) is 11.9 Å². The van der Waals surface area contributed by atoms with E-state index in [0.29, 0.717) is 5.56 Å². The summed E-state index contributed by atoms with van der Waals surface area (Å²) >= 11 is 0. The third kappa shape index (κ3) is 3.88. The molecule has 2 aromatic heterocycles. The van der Waals surface area contributed by atoms with Crippen molar-refractivity contribution in [3.63, 3.8) is 0 Å². The van der Waals surface area contributed by atoms with Gasteiger partial charge in [0, 0.05) is 42.8 Å². The normalized spacial score (nSPS) is 15.4. The Bertz CT molecular complexity index is 700. The Balaban J connectivity index is 1.57. The molecular weight excluding hydrogens is 302 g/mol. The Morgan fingerprint density at radius 3 is 2.50 bits per heavy atom. The molecule has 0 aromatic carbocycles. The third-order valence-corrected chi connectivity index (χ3v) is 4.28. The molecule has 0 bridgehead atoms. The topological polar surface area (TPSA) is 71.0 Å². The number of rotatable bonds is 3. The summed E-state index contributed by atoms with van der Waals surface area (Å²) in [6, 6.07) is 5.89. The van der Waals surface area contributed by atoms with Crippen LogP contribution >= 0.6 is 0 Å². The first kappa shape index (κ1) is 16.4. The minimum absolute atomic E-state index is 0.0466. The van der Waals surface area contributed by atoms with Crippen molar-refractivity contribution in [1.82, 2.24) is 20.3 Å². The highest BCUT2D eigenvalue weighted by atomic mass is 16.1. The minimum atomic E-state index is -0.0466. The number of piperidine rings is 1. The predicted octanol–water partition coefficient (Wildman–Crippen LogP) is 2.20. The molecule has 2 aromatic rings. The van der Waals surface area contributed by atoms with E-state index in [2.05, 4.69) is 25.2 Å². The van der Waals surface area contributed by atoms with Gasteiger partial charge in [0.1, 0.15) is 11.6 Å². The van der Waals surface area contributed by atoms with E-state index < -0.39 is 0 Å². The molecule has 0 spiro atoms. The Morgan fingerprint density at radius 2 is 1.88 bits per heavy atom. The summed E-state index contributed by atoms with van der Waals surface area (Å²) in [4.78, 5) is 27.6. The van der Waals surface area contributed by atoms with Gasteiger partial charge in [0.15, 0.2) is 0 Å². The number of carbonyl (C=O) groups is 1. The van der Waals surface area contributed by atoms with Gasteiger partial charge in [-0.1, -0.05) is 0 Å². The maximum absolute atomic E-state index is 12.3. The Morgan fingerprint density at radius 1 is 1.12 bits per heavy atom. The van der Waals surface area contributed by atoms with E-state index in [1.54, 1.807) is 6.20 Å². The molecule has 24 heavy (non-hydrogen) atoms. The van der Waals surface area contributed by atoms with Crippen molar-refractivity contribution < 1.29 is 4.79 Å². The van der Waals surface area contributed by atoms with Gasteiger partial charge in [-0.3, -0.25) is 9.78 Å². The van der Waals surface area contributed by atoms with Crippen LogP contribution in [0.15, 0.2) is 24.4 Å². The zero-order valence-electron chi connectivity index (χ0n) is 14.4. The second kappa shape index (κ2) is 6.95. The van der Waals surface area contributed by atoms with Crippen LogP contribution in [-0.2, 0) is 0 Å². The molecule has 0 saturated carbocycles. The van der Waals surface area contributed by atoms with E-state index in [4.69, 9.17) is 0 Å². The van der Waals surface area contributed by atoms with Gasteiger partial charge in [-0.05, 0) is 45.7 Å². The van der Waals surface area contributed by atoms with Crippen LogP contribution in [0.5, 0.6) is 0 Å². The number of amides is 1. The first-order valence-corrected chi connectivity index (χ1v) is 8.32. The van der Waals surface area contributed by atoms with Crippen molar-refractivity contribution in [1.29, 1.82) is 0 Å². The van der Waals surface area contributed by atoms with Crippen molar-refractivity contribution in [3.05, 3.63) is 47.2 Å². The molecular formula is C18H23N5O. The molecule has 1 N–H and O–H groups in total. The van der Waals surface area contributed by atoms with Crippen molar-refractivity contribution >= 4 is 11.7 Å². The Labute approximate surface area is 142 Å². The molecule has 3 rings (SSSR count). The highest BCUT2D eigenvalue weighted by Gasteiger charge is 2.22. The first-order valence-electron chi connectivity index (χ1n) is 8.32. The van der Waals surface area contributed by atoms with E-state index >= 15 is 0 Å². The fraction of sp³-hybridized carbons (Fsp3) is 0.444. The third-order valence-electron chi connectivity index (χ3n) is 4.28. The summed E-state index contributed by atoms with van der Waals surface area (Å²) in [5, 5.41) is 3.11. The molecule has 1 aliphatic heterocycles.